The van der Waals surface area contributed by atoms with Crippen molar-refractivity contribution in [1.29, 1.82) is 0 Å². The van der Waals surface area contributed by atoms with Crippen LogP contribution in [0.3, 0.4) is 0 Å². The third-order valence-electron chi connectivity index (χ3n) is 3.11. The number of rotatable bonds is 5. The number of aryl methyl sites for hydroxylation is 1. The fourth-order valence-electron chi connectivity index (χ4n) is 2.41. The van der Waals surface area contributed by atoms with E-state index in [1.54, 1.807) is 12.1 Å². The second-order valence-electron chi connectivity index (χ2n) is 5.03. The number of hydrogen-bond donors (Lipinski definition) is 0. The fraction of sp³-hybridized carbons (Fsp3) is 0.462. The monoisotopic (exact) mass is 368 g/mol. The van der Waals surface area contributed by atoms with E-state index in [4.69, 9.17) is 34.8 Å². The maximum Gasteiger partial charge on any atom is 0.149 e. The molecule has 4 nitrogen and oxygen atoms in total. The minimum Gasteiger partial charge on any atom is -0.324 e. The van der Waals surface area contributed by atoms with E-state index >= 15 is 0 Å². The number of aromatic nitrogens is 2. The smallest absolute Gasteiger partial charge is 0.149 e. The summed E-state index contributed by atoms with van der Waals surface area (Å²) in [6.45, 7) is 1.84. The Balaban J connectivity index is 2.62. The van der Waals surface area contributed by atoms with E-state index in [2.05, 4.69) is 4.98 Å². The molecule has 0 aliphatic carbocycles. The summed E-state index contributed by atoms with van der Waals surface area (Å²) in [4.78, 5) is 4.50. The Morgan fingerprint density at radius 3 is 2.48 bits per heavy atom. The zero-order chi connectivity index (χ0) is 15.8. The zero-order valence-electron chi connectivity index (χ0n) is 11.6. The van der Waals surface area contributed by atoms with Gasteiger partial charge in [0.25, 0.3) is 0 Å². The first-order valence-electron chi connectivity index (χ1n) is 6.32. The fourth-order valence-corrected chi connectivity index (χ4v) is 3.92. The van der Waals surface area contributed by atoms with E-state index in [0.717, 1.165) is 11.3 Å². The molecule has 1 aromatic carbocycles. The molecule has 2 aromatic rings. The van der Waals surface area contributed by atoms with E-state index in [1.165, 1.54) is 6.26 Å². The van der Waals surface area contributed by atoms with Crippen LogP contribution < -0.4 is 0 Å². The molecule has 0 saturated carbocycles. The molecular weight excluding hydrogens is 355 g/mol. The molecule has 116 valence electrons. The third-order valence-corrected chi connectivity index (χ3v) is 5.11. The number of nitrogens with zero attached hydrogens (tertiary/aromatic N) is 2. The third kappa shape index (κ3) is 3.83. The first-order valence-corrected chi connectivity index (χ1v) is 9.67. The predicted octanol–water partition coefficient (Wildman–Crippen LogP) is 3.73. The molecule has 2 rings (SSSR count). The summed E-state index contributed by atoms with van der Waals surface area (Å²) in [5, 5.41) is 0.830. The van der Waals surface area contributed by atoms with Gasteiger partial charge in [0.15, 0.2) is 0 Å². The number of benzene rings is 1. The number of fused-ring (bicyclic) bond motifs is 1. The predicted molar refractivity (Wildman–Crippen MR) is 88.6 cm³/mol. The number of alkyl halides is 1. The van der Waals surface area contributed by atoms with Crippen molar-refractivity contribution < 1.29 is 8.42 Å². The van der Waals surface area contributed by atoms with Gasteiger partial charge in [0.1, 0.15) is 15.7 Å². The molecule has 1 unspecified atom stereocenters. The van der Waals surface area contributed by atoms with Gasteiger partial charge in [-0.25, -0.2) is 13.4 Å². The summed E-state index contributed by atoms with van der Waals surface area (Å²) < 4.78 is 25.0. The van der Waals surface area contributed by atoms with Gasteiger partial charge in [-0.1, -0.05) is 23.2 Å². The van der Waals surface area contributed by atoms with E-state index in [1.807, 2.05) is 11.5 Å². The normalized spacial score (nSPS) is 13.8. The molecule has 0 radical (unpaired) electrons. The number of halogens is 3. The first-order chi connectivity index (χ1) is 9.73. The van der Waals surface area contributed by atoms with Crippen molar-refractivity contribution in [3.8, 4) is 0 Å². The highest BCUT2D eigenvalue weighted by Gasteiger charge is 2.20. The number of hydrogen-bond acceptors (Lipinski definition) is 3. The topological polar surface area (TPSA) is 52.0 Å². The molecule has 0 aliphatic heterocycles. The summed E-state index contributed by atoms with van der Waals surface area (Å²) in [6.07, 6.45) is 1.76. The maximum atomic E-state index is 11.6. The zero-order valence-corrected chi connectivity index (χ0v) is 14.7. The molecule has 0 aliphatic rings. The Morgan fingerprint density at radius 1 is 1.29 bits per heavy atom. The molecule has 0 saturated heterocycles. The lowest BCUT2D eigenvalue weighted by Gasteiger charge is -2.16. The van der Waals surface area contributed by atoms with Crippen LogP contribution in [0.2, 0.25) is 10.0 Å². The lowest BCUT2D eigenvalue weighted by Crippen LogP contribution is -2.18. The lowest BCUT2D eigenvalue weighted by molar-refractivity contribution is 0.557. The molecule has 1 heterocycles. The van der Waals surface area contributed by atoms with Crippen LogP contribution in [0.4, 0.5) is 0 Å². The largest absolute Gasteiger partial charge is 0.324 e. The molecular formula is C13H15Cl3N2O2S. The van der Waals surface area contributed by atoms with Gasteiger partial charge in [-0.2, -0.15) is 0 Å². The van der Waals surface area contributed by atoms with Crippen molar-refractivity contribution >= 4 is 55.7 Å². The minimum absolute atomic E-state index is 0.0218. The molecule has 0 N–H and O–H groups in total. The van der Waals surface area contributed by atoms with E-state index < -0.39 is 9.84 Å². The minimum atomic E-state index is -3.11. The summed E-state index contributed by atoms with van der Waals surface area (Å²) in [5.41, 5.74) is 1.45. The average molecular weight is 370 g/mol. The summed E-state index contributed by atoms with van der Waals surface area (Å²) in [5.74, 6) is 1.15. The quantitative estimate of drug-likeness (QED) is 0.755. The Morgan fingerprint density at radius 2 is 1.90 bits per heavy atom. The molecule has 1 aromatic heterocycles. The summed E-state index contributed by atoms with van der Waals surface area (Å²) in [7, 11) is -3.11. The van der Waals surface area contributed by atoms with E-state index in [9.17, 15) is 8.42 Å². The van der Waals surface area contributed by atoms with Crippen LogP contribution in [0, 0.1) is 0 Å². The van der Waals surface area contributed by atoms with Crippen LogP contribution in [-0.2, 0) is 16.3 Å². The molecule has 0 amide bonds. The molecule has 8 heteroatoms. The van der Waals surface area contributed by atoms with Crippen molar-refractivity contribution in [2.24, 2.45) is 0 Å². The Kier molecular flexibility index (Phi) is 5.08. The highest BCUT2D eigenvalue weighted by molar-refractivity contribution is 7.90. The average Bonchev–Trinajstić information content (AvgIpc) is 2.65. The SMILES string of the molecule is CC(CS(C)(=O)=O)n1c(CCCl)nc2cc(Cl)c(Cl)cc21. The van der Waals surface area contributed by atoms with Crippen LogP contribution in [0.25, 0.3) is 11.0 Å². The van der Waals surface area contributed by atoms with Gasteiger partial charge in [-0.15, -0.1) is 11.6 Å². The van der Waals surface area contributed by atoms with Gasteiger partial charge >= 0.3 is 0 Å². The number of sulfone groups is 1. The van der Waals surface area contributed by atoms with Crippen molar-refractivity contribution in [3.05, 3.63) is 28.0 Å². The second kappa shape index (κ2) is 6.32. The van der Waals surface area contributed by atoms with Gasteiger partial charge in [0.05, 0.1) is 26.8 Å². The summed E-state index contributed by atoms with van der Waals surface area (Å²) in [6, 6.07) is 3.13. The van der Waals surface area contributed by atoms with Crippen LogP contribution >= 0.6 is 34.8 Å². The molecule has 21 heavy (non-hydrogen) atoms. The highest BCUT2D eigenvalue weighted by Crippen LogP contribution is 2.30. The number of imidazole rings is 1. The lowest BCUT2D eigenvalue weighted by atomic mass is 10.3. The van der Waals surface area contributed by atoms with Crippen molar-refractivity contribution in [2.75, 3.05) is 17.9 Å². The van der Waals surface area contributed by atoms with Gasteiger partial charge in [0.2, 0.25) is 0 Å². The van der Waals surface area contributed by atoms with Crippen LogP contribution in [0.5, 0.6) is 0 Å². The van der Waals surface area contributed by atoms with E-state index in [0.29, 0.717) is 27.9 Å². The van der Waals surface area contributed by atoms with Gasteiger partial charge in [0, 0.05) is 24.6 Å². The van der Waals surface area contributed by atoms with Gasteiger partial charge in [-0.3, -0.25) is 0 Å². The summed E-state index contributed by atoms with van der Waals surface area (Å²) >= 11 is 17.9. The molecule has 0 spiro atoms. The first kappa shape index (κ1) is 16.9. The molecule has 0 bridgehead atoms. The Bertz CT molecular complexity index is 771. The van der Waals surface area contributed by atoms with Gasteiger partial charge < -0.3 is 4.57 Å². The van der Waals surface area contributed by atoms with Crippen molar-refractivity contribution in [3.63, 3.8) is 0 Å². The van der Waals surface area contributed by atoms with Crippen LogP contribution in [0.1, 0.15) is 18.8 Å². The molecule has 0 fully saturated rings. The van der Waals surface area contributed by atoms with Crippen molar-refractivity contribution in [2.45, 2.75) is 19.4 Å². The maximum absolute atomic E-state index is 11.6. The van der Waals surface area contributed by atoms with Crippen molar-refractivity contribution in [1.82, 2.24) is 9.55 Å². The van der Waals surface area contributed by atoms with Crippen LogP contribution in [0.15, 0.2) is 12.1 Å². The molecule has 1 atom stereocenters. The Hall–Kier alpha value is -0.490. The van der Waals surface area contributed by atoms with Gasteiger partial charge in [-0.05, 0) is 19.1 Å². The Labute approximate surface area is 138 Å². The second-order valence-corrected chi connectivity index (χ2v) is 8.41. The standard InChI is InChI=1S/C13H15Cl3N2O2S/c1-8(7-21(2,19)20)18-12-6-10(16)9(15)5-11(12)17-13(18)3-4-14/h5-6,8H,3-4,7H2,1-2H3. The van der Waals surface area contributed by atoms with Crippen LogP contribution in [-0.4, -0.2) is 35.9 Å². The van der Waals surface area contributed by atoms with E-state index in [-0.39, 0.29) is 11.8 Å². The highest BCUT2D eigenvalue weighted by atomic mass is 35.5.